The van der Waals surface area contributed by atoms with Gasteiger partial charge in [-0.1, -0.05) is 55.0 Å². The Hall–Kier alpha value is -1.64. The lowest BCUT2D eigenvalue weighted by Gasteiger charge is -2.37. The number of aryl methyl sites for hydroxylation is 1. The average molecular weight is 356 g/mol. The Morgan fingerprint density at radius 3 is 2.56 bits per heavy atom. The molecule has 0 amide bonds. The molecule has 4 rings (SSSR count). The van der Waals surface area contributed by atoms with Crippen molar-refractivity contribution in [2.45, 2.75) is 32.1 Å². The molecule has 132 valence electrons. The maximum absolute atomic E-state index is 11.0. The molecule has 2 aliphatic rings. The number of piperidine rings is 1. The van der Waals surface area contributed by atoms with Gasteiger partial charge in [0.15, 0.2) is 0 Å². The molecule has 0 radical (unpaired) electrons. The molecule has 1 heterocycles. The minimum atomic E-state index is 0. The van der Waals surface area contributed by atoms with Crippen molar-refractivity contribution in [1.82, 2.24) is 4.90 Å². The summed E-state index contributed by atoms with van der Waals surface area (Å²) in [5, 5.41) is 0. The van der Waals surface area contributed by atoms with Crippen molar-refractivity contribution < 1.29 is 4.79 Å². The molecule has 2 aromatic rings. The van der Waals surface area contributed by atoms with Gasteiger partial charge in [-0.15, -0.1) is 12.4 Å². The van der Waals surface area contributed by atoms with Crippen LogP contribution in [0, 0.1) is 12.8 Å². The number of hydrogen-bond donors (Lipinski definition) is 0. The fourth-order valence-electron chi connectivity index (χ4n) is 4.79. The quantitative estimate of drug-likeness (QED) is 0.737. The molecule has 3 atom stereocenters. The molecule has 0 spiro atoms. The van der Waals surface area contributed by atoms with E-state index in [9.17, 15) is 4.79 Å². The second-order valence-corrected chi connectivity index (χ2v) is 7.35. The number of carbonyl (C=O) groups is 1. The van der Waals surface area contributed by atoms with Gasteiger partial charge in [0.2, 0.25) is 0 Å². The molecule has 0 bridgehead atoms. The fourth-order valence-corrected chi connectivity index (χ4v) is 4.79. The number of hydrogen-bond acceptors (Lipinski definition) is 2. The maximum atomic E-state index is 11.0. The number of aldehydes is 1. The van der Waals surface area contributed by atoms with Crippen molar-refractivity contribution >= 4 is 18.7 Å². The standard InChI is InChI=1S/C22H25NO.ClH/c1-3-23-11-10-19-21(13-23)18-9-4-15(2)12-20(18)22(19)17-7-5-16(14-24)6-8-17;/h4-9,12,14,19,21-22H,3,10-11,13H2,1-2H3;1H/t19-,21-,22+;/m1./s1. The van der Waals surface area contributed by atoms with E-state index < -0.39 is 0 Å². The molecule has 0 unspecified atom stereocenters. The van der Waals surface area contributed by atoms with Crippen LogP contribution in [0.25, 0.3) is 0 Å². The van der Waals surface area contributed by atoms with Gasteiger partial charge < -0.3 is 4.90 Å². The normalized spacial score (nSPS) is 25.0. The minimum absolute atomic E-state index is 0. The first kappa shape index (κ1) is 18.2. The smallest absolute Gasteiger partial charge is 0.150 e. The van der Waals surface area contributed by atoms with Gasteiger partial charge in [0.1, 0.15) is 6.29 Å². The Labute approximate surface area is 156 Å². The molecule has 0 N–H and O–H groups in total. The van der Waals surface area contributed by atoms with Crippen LogP contribution in [-0.2, 0) is 0 Å². The summed E-state index contributed by atoms with van der Waals surface area (Å²) in [6, 6.07) is 15.3. The van der Waals surface area contributed by atoms with Crippen LogP contribution < -0.4 is 0 Å². The minimum Gasteiger partial charge on any atom is -0.303 e. The monoisotopic (exact) mass is 355 g/mol. The first-order valence-corrected chi connectivity index (χ1v) is 9.09. The van der Waals surface area contributed by atoms with Crippen molar-refractivity contribution in [3.63, 3.8) is 0 Å². The number of likely N-dealkylation sites (N-methyl/N-ethyl adjacent to an activating group) is 1. The summed E-state index contributed by atoms with van der Waals surface area (Å²) in [5.41, 5.74) is 6.53. The Kier molecular flexibility index (Phi) is 5.31. The highest BCUT2D eigenvalue weighted by Crippen LogP contribution is 2.53. The highest BCUT2D eigenvalue weighted by molar-refractivity contribution is 5.85. The SMILES string of the molecule is CCN1CC[C@H]2[C@H](c3ccc(C=O)cc3)c3cc(C)ccc3[C@H]2C1.Cl. The van der Waals surface area contributed by atoms with Crippen LogP contribution in [0.5, 0.6) is 0 Å². The number of rotatable bonds is 3. The van der Waals surface area contributed by atoms with E-state index in [1.807, 2.05) is 12.1 Å². The first-order valence-electron chi connectivity index (χ1n) is 9.09. The summed E-state index contributed by atoms with van der Waals surface area (Å²) in [5.74, 6) is 1.81. The Balaban J connectivity index is 0.00000182. The van der Waals surface area contributed by atoms with Crippen LogP contribution in [0.2, 0.25) is 0 Å². The molecule has 2 nitrogen and oxygen atoms in total. The van der Waals surface area contributed by atoms with Gasteiger partial charge in [0.05, 0.1) is 0 Å². The predicted octanol–water partition coefficient (Wildman–Crippen LogP) is 4.80. The van der Waals surface area contributed by atoms with E-state index in [1.54, 1.807) is 5.56 Å². The van der Waals surface area contributed by atoms with Crippen LogP contribution in [0.15, 0.2) is 42.5 Å². The molecule has 0 saturated carbocycles. The zero-order valence-electron chi connectivity index (χ0n) is 14.9. The van der Waals surface area contributed by atoms with Crippen LogP contribution in [-0.4, -0.2) is 30.8 Å². The van der Waals surface area contributed by atoms with Crippen molar-refractivity contribution in [3.05, 3.63) is 70.3 Å². The van der Waals surface area contributed by atoms with Gasteiger partial charge in [-0.05, 0) is 49.0 Å². The zero-order valence-corrected chi connectivity index (χ0v) is 15.8. The molecule has 1 aliphatic carbocycles. The number of halogens is 1. The van der Waals surface area contributed by atoms with E-state index in [1.165, 1.54) is 36.2 Å². The van der Waals surface area contributed by atoms with Gasteiger partial charge in [0.25, 0.3) is 0 Å². The molecule has 1 aliphatic heterocycles. The summed E-state index contributed by atoms with van der Waals surface area (Å²) >= 11 is 0. The van der Waals surface area contributed by atoms with E-state index >= 15 is 0 Å². The van der Waals surface area contributed by atoms with Crippen molar-refractivity contribution in [3.8, 4) is 0 Å². The van der Waals surface area contributed by atoms with Gasteiger partial charge in [-0.3, -0.25) is 4.79 Å². The maximum Gasteiger partial charge on any atom is 0.150 e. The summed E-state index contributed by atoms with van der Waals surface area (Å²) in [7, 11) is 0. The topological polar surface area (TPSA) is 20.3 Å². The second kappa shape index (κ2) is 7.31. The van der Waals surface area contributed by atoms with Crippen LogP contribution in [0.3, 0.4) is 0 Å². The second-order valence-electron chi connectivity index (χ2n) is 7.35. The molecule has 2 aromatic carbocycles. The number of carbonyl (C=O) groups excluding carboxylic acids is 1. The summed E-state index contributed by atoms with van der Waals surface area (Å²) in [4.78, 5) is 13.6. The van der Waals surface area contributed by atoms with E-state index in [2.05, 4.69) is 49.1 Å². The number of fused-ring (bicyclic) bond motifs is 3. The van der Waals surface area contributed by atoms with Gasteiger partial charge >= 0.3 is 0 Å². The Morgan fingerprint density at radius 2 is 1.88 bits per heavy atom. The lowest BCUT2D eigenvalue weighted by molar-refractivity contribution is 0.112. The zero-order chi connectivity index (χ0) is 16.7. The third kappa shape index (κ3) is 3.14. The largest absolute Gasteiger partial charge is 0.303 e. The lowest BCUT2D eigenvalue weighted by atomic mass is 9.78. The third-order valence-electron chi connectivity index (χ3n) is 6.03. The summed E-state index contributed by atoms with van der Waals surface area (Å²) in [6.07, 6.45) is 2.19. The number of likely N-dealkylation sites (tertiary alicyclic amines) is 1. The molecule has 1 fully saturated rings. The van der Waals surface area contributed by atoms with Crippen LogP contribution >= 0.6 is 12.4 Å². The van der Waals surface area contributed by atoms with E-state index in [-0.39, 0.29) is 12.4 Å². The molecule has 0 aromatic heterocycles. The van der Waals surface area contributed by atoms with Gasteiger partial charge in [-0.25, -0.2) is 0 Å². The summed E-state index contributed by atoms with van der Waals surface area (Å²) < 4.78 is 0. The number of benzene rings is 2. The van der Waals surface area contributed by atoms with Crippen LogP contribution in [0.4, 0.5) is 0 Å². The highest BCUT2D eigenvalue weighted by Gasteiger charge is 2.43. The highest BCUT2D eigenvalue weighted by atomic mass is 35.5. The van der Waals surface area contributed by atoms with Crippen LogP contribution in [0.1, 0.15) is 57.8 Å². The van der Waals surface area contributed by atoms with Crippen molar-refractivity contribution in [1.29, 1.82) is 0 Å². The Bertz CT molecular complexity index is 755. The fraction of sp³-hybridized carbons (Fsp3) is 0.409. The van der Waals surface area contributed by atoms with E-state index in [0.717, 1.165) is 18.4 Å². The molecule has 25 heavy (non-hydrogen) atoms. The van der Waals surface area contributed by atoms with Crippen molar-refractivity contribution in [2.24, 2.45) is 5.92 Å². The Morgan fingerprint density at radius 1 is 1.12 bits per heavy atom. The average Bonchev–Trinajstić information content (AvgIpc) is 2.94. The van der Waals surface area contributed by atoms with E-state index in [4.69, 9.17) is 0 Å². The predicted molar refractivity (Wildman–Crippen MR) is 105 cm³/mol. The summed E-state index contributed by atoms with van der Waals surface area (Å²) in [6.45, 7) is 7.98. The molecule has 1 saturated heterocycles. The van der Waals surface area contributed by atoms with Gasteiger partial charge in [0, 0.05) is 23.9 Å². The van der Waals surface area contributed by atoms with E-state index in [0.29, 0.717) is 17.8 Å². The van der Waals surface area contributed by atoms with Gasteiger partial charge in [-0.2, -0.15) is 0 Å². The molecule has 3 heteroatoms. The lowest BCUT2D eigenvalue weighted by Crippen LogP contribution is -2.38. The van der Waals surface area contributed by atoms with Crippen molar-refractivity contribution in [2.75, 3.05) is 19.6 Å². The molecular formula is C22H26ClNO. The third-order valence-corrected chi connectivity index (χ3v) is 6.03. The molecular weight excluding hydrogens is 330 g/mol. The first-order chi connectivity index (χ1) is 11.7. The number of nitrogens with zero attached hydrogens (tertiary/aromatic N) is 1.